The minimum atomic E-state index is -0.167. The molecule has 2 rings (SSSR count). The molecule has 88 valence electrons. The average molecular weight is 223 g/mol. The van der Waals surface area contributed by atoms with E-state index in [2.05, 4.69) is 5.32 Å². The Kier molecular flexibility index (Phi) is 3.91. The molecule has 0 aromatic heterocycles. The zero-order valence-electron chi connectivity index (χ0n) is 9.58. The van der Waals surface area contributed by atoms with Gasteiger partial charge in [0.25, 0.3) is 0 Å². The molecule has 0 amide bonds. The molecule has 0 spiro atoms. The molecule has 0 atom stereocenters. The number of rotatable bonds is 5. The van der Waals surface area contributed by atoms with Gasteiger partial charge in [0.05, 0.1) is 6.10 Å². The maximum Gasteiger partial charge on any atom is 0.123 e. The first-order valence-corrected chi connectivity index (χ1v) is 5.87. The normalized spacial score (nSPS) is 24.1. The van der Waals surface area contributed by atoms with Crippen LogP contribution >= 0.6 is 0 Å². The van der Waals surface area contributed by atoms with Crippen molar-refractivity contribution in [2.45, 2.75) is 38.5 Å². The van der Waals surface area contributed by atoms with Gasteiger partial charge >= 0.3 is 0 Å². The van der Waals surface area contributed by atoms with E-state index in [1.165, 1.54) is 6.07 Å². The van der Waals surface area contributed by atoms with Gasteiger partial charge < -0.3 is 10.1 Å². The van der Waals surface area contributed by atoms with Crippen LogP contribution in [0.5, 0.6) is 0 Å². The van der Waals surface area contributed by atoms with Gasteiger partial charge in [0, 0.05) is 19.2 Å². The highest BCUT2D eigenvalue weighted by Gasteiger charge is 2.28. The van der Waals surface area contributed by atoms with E-state index in [4.69, 9.17) is 4.74 Å². The lowest BCUT2D eigenvalue weighted by atomic mass is 9.89. The fourth-order valence-electron chi connectivity index (χ4n) is 2.01. The maximum atomic E-state index is 12.9. The number of nitrogens with one attached hydrogen (secondary N) is 1. The van der Waals surface area contributed by atoms with Crippen LogP contribution in [0.4, 0.5) is 4.39 Å². The standard InChI is InChI=1S/C13H18FNO/c1-2-16-13-7-12(8-13)15-9-10-4-3-5-11(14)6-10/h3-6,12-13,15H,2,7-9H2,1H3. The molecule has 16 heavy (non-hydrogen) atoms. The smallest absolute Gasteiger partial charge is 0.123 e. The third-order valence-electron chi connectivity index (χ3n) is 2.98. The van der Waals surface area contributed by atoms with Crippen molar-refractivity contribution in [1.82, 2.24) is 5.32 Å². The molecule has 0 unspecified atom stereocenters. The van der Waals surface area contributed by atoms with Gasteiger partial charge in [-0.3, -0.25) is 0 Å². The number of halogens is 1. The summed E-state index contributed by atoms with van der Waals surface area (Å²) in [5, 5.41) is 3.40. The Morgan fingerprint density at radius 2 is 2.25 bits per heavy atom. The second-order valence-corrected chi connectivity index (χ2v) is 4.26. The molecule has 1 saturated carbocycles. The summed E-state index contributed by atoms with van der Waals surface area (Å²) >= 11 is 0. The summed E-state index contributed by atoms with van der Waals surface area (Å²) in [5.74, 6) is -0.167. The number of benzene rings is 1. The molecule has 0 heterocycles. The van der Waals surface area contributed by atoms with E-state index in [0.717, 1.165) is 31.6 Å². The molecular formula is C13H18FNO. The highest BCUT2D eigenvalue weighted by atomic mass is 19.1. The molecule has 1 aliphatic carbocycles. The van der Waals surface area contributed by atoms with Crippen molar-refractivity contribution in [3.8, 4) is 0 Å². The highest BCUT2D eigenvalue weighted by Crippen LogP contribution is 2.23. The summed E-state index contributed by atoms with van der Waals surface area (Å²) in [6.45, 7) is 3.55. The van der Waals surface area contributed by atoms with Crippen LogP contribution in [0.15, 0.2) is 24.3 Å². The van der Waals surface area contributed by atoms with E-state index >= 15 is 0 Å². The summed E-state index contributed by atoms with van der Waals surface area (Å²) in [6.07, 6.45) is 2.57. The molecule has 0 saturated heterocycles. The molecule has 0 aliphatic heterocycles. The Hall–Kier alpha value is -0.930. The summed E-state index contributed by atoms with van der Waals surface area (Å²) < 4.78 is 18.4. The van der Waals surface area contributed by atoms with Crippen LogP contribution < -0.4 is 5.32 Å². The fourth-order valence-corrected chi connectivity index (χ4v) is 2.01. The van der Waals surface area contributed by atoms with Gasteiger partial charge in [0.2, 0.25) is 0 Å². The quantitative estimate of drug-likeness (QED) is 0.828. The average Bonchev–Trinajstić information content (AvgIpc) is 2.21. The topological polar surface area (TPSA) is 21.3 Å². The molecule has 2 nitrogen and oxygen atoms in total. The summed E-state index contributed by atoms with van der Waals surface area (Å²) in [4.78, 5) is 0. The van der Waals surface area contributed by atoms with E-state index in [1.807, 2.05) is 13.0 Å². The van der Waals surface area contributed by atoms with Gasteiger partial charge in [-0.2, -0.15) is 0 Å². The lowest BCUT2D eigenvalue weighted by molar-refractivity contribution is -0.0102. The van der Waals surface area contributed by atoms with Crippen LogP contribution in [-0.2, 0) is 11.3 Å². The van der Waals surface area contributed by atoms with Crippen LogP contribution in [0.3, 0.4) is 0 Å². The SMILES string of the molecule is CCOC1CC(NCc2cccc(F)c2)C1. The van der Waals surface area contributed by atoms with Crippen molar-refractivity contribution in [2.75, 3.05) is 6.61 Å². The molecule has 1 aliphatic rings. The first-order valence-electron chi connectivity index (χ1n) is 5.87. The largest absolute Gasteiger partial charge is 0.378 e. The predicted molar refractivity (Wildman–Crippen MR) is 61.7 cm³/mol. The molecule has 0 radical (unpaired) electrons. The van der Waals surface area contributed by atoms with Gasteiger partial charge in [0.1, 0.15) is 5.82 Å². The van der Waals surface area contributed by atoms with Crippen molar-refractivity contribution in [3.63, 3.8) is 0 Å². The number of hydrogen-bond acceptors (Lipinski definition) is 2. The van der Waals surface area contributed by atoms with E-state index in [0.29, 0.717) is 12.1 Å². The van der Waals surface area contributed by atoms with Gasteiger partial charge in [-0.1, -0.05) is 12.1 Å². The van der Waals surface area contributed by atoms with Crippen molar-refractivity contribution in [3.05, 3.63) is 35.6 Å². The summed E-state index contributed by atoms with van der Waals surface area (Å²) in [7, 11) is 0. The summed E-state index contributed by atoms with van der Waals surface area (Å²) in [5.41, 5.74) is 1.000. The lowest BCUT2D eigenvalue weighted by Crippen LogP contribution is -2.45. The van der Waals surface area contributed by atoms with Crippen molar-refractivity contribution in [1.29, 1.82) is 0 Å². The first-order chi connectivity index (χ1) is 7.78. The van der Waals surface area contributed by atoms with Crippen LogP contribution in [-0.4, -0.2) is 18.8 Å². The third-order valence-corrected chi connectivity index (χ3v) is 2.98. The zero-order valence-corrected chi connectivity index (χ0v) is 9.58. The van der Waals surface area contributed by atoms with E-state index < -0.39 is 0 Å². The third kappa shape index (κ3) is 3.03. The fraction of sp³-hybridized carbons (Fsp3) is 0.538. The Labute approximate surface area is 95.8 Å². The Morgan fingerprint density at radius 3 is 2.94 bits per heavy atom. The zero-order chi connectivity index (χ0) is 11.4. The van der Waals surface area contributed by atoms with Crippen LogP contribution in [0, 0.1) is 5.82 Å². The second-order valence-electron chi connectivity index (χ2n) is 4.26. The second kappa shape index (κ2) is 5.41. The first kappa shape index (κ1) is 11.6. The molecular weight excluding hydrogens is 205 g/mol. The van der Waals surface area contributed by atoms with Crippen LogP contribution in [0.1, 0.15) is 25.3 Å². The number of ether oxygens (including phenoxy) is 1. The van der Waals surface area contributed by atoms with E-state index in [1.54, 1.807) is 12.1 Å². The van der Waals surface area contributed by atoms with Gasteiger partial charge in [-0.05, 0) is 37.5 Å². The Bertz CT molecular complexity index is 336. The lowest BCUT2D eigenvalue weighted by Gasteiger charge is -2.35. The summed E-state index contributed by atoms with van der Waals surface area (Å²) in [6, 6.07) is 7.26. The number of hydrogen-bond donors (Lipinski definition) is 1. The van der Waals surface area contributed by atoms with Crippen LogP contribution in [0.2, 0.25) is 0 Å². The molecule has 0 bridgehead atoms. The van der Waals surface area contributed by atoms with Gasteiger partial charge in [-0.25, -0.2) is 4.39 Å². The van der Waals surface area contributed by atoms with Crippen molar-refractivity contribution >= 4 is 0 Å². The molecule has 1 aromatic carbocycles. The van der Waals surface area contributed by atoms with Gasteiger partial charge in [0.15, 0.2) is 0 Å². The van der Waals surface area contributed by atoms with E-state index in [-0.39, 0.29) is 5.82 Å². The predicted octanol–water partition coefficient (Wildman–Crippen LogP) is 2.48. The minimum absolute atomic E-state index is 0.167. The molecule has 3 heteroatoms. The molecule has 1 aromatic rings. The minimum Gasteiger partial charge on any atom is -0.378 e. The van der Waals surface area contributed by atoms with Crippen LogP contribution in [0.25, 0.3) is 0 Å². The molecule has 1 fully saturated rings. The highest BCUT2D eigenvalue weighted by molar-refractivity contribution is 5.16. The Balaban J connectivity index is 1.69. The monoisotopic (exact) mass is 223 g/mol. The maximum absolute atomic E-state index is 12.9. The van der Waals surface area contributed by atoms with Crippen molar-refractivity contribution in [2.24, 2.45) is 0 Å². The van der Waals surface area contributed by atoms with Gasteiger partial charge in [-0.15, -0.1) is 0 Å². The molecule has 1 N–H and O–H groups in total. The van der Waals surface area contributed by atoms with Crippen molar-refractivity contribution < 1.29 is 9.13 Å². The van der Waals surface area contributed by atoms with E-state index in [9.17, 15) is 4.39 Å². The Morgan fingerprint density at radius 1 is 1.44 bits per heavy atom.